The molecule has 0 bridgehead atoms. The molecule has 1 atom stereocenters. The fourth-order valence-electron chi connectivity index (χ4n) is 2.17. The van der Waals surface area contributed by atoms with E-state index in [1.54, 1.807) is 6.07 Å². The van der Waals surface area contributed by atoms with Crippen LogP contribution in [0.15, 0.2) is 24.3 Å². The van der Waals surface area contributed by atoms with Crippen molar-refractivity contribution >= 4 is 0 Å². The summed E-state index contributed by atoms with van der Waals surface area (Å²) in [7, 11) is 0. The Balaban J connectivity index is 2.61. The van der Waals surface area contributed by atoms with Gasteiger partial charge in [0.15, 0.2) is 0 Å². The summed E-state index contributed by atoms with van der Waals surface area (Å²) in [5.74, 6) is 0.644. The zero-order valence-corrected chi connectivity index (χ0v) is 13.2. The summed E-state index contributed by atoms with van der Waals surface area (Å²) >= 11 is 0. The molecule has 20 heavy (non-hydrogen) atoms. The Kier molecular flexibility index (Phi) is 7.78. The predicted octanol–water partition coefficient (Wildman–Crippen LogP) is 3.97. The molecule has 1 rings (SSSR count). The quantitative estimate of drug-likeness (QED) is 0.739. The minimum absolute atomic E-state index is 0.117. The maximum atomic E-state index is 13.9. The van der Waals surface area contributed by atoms with Gasteiger partial charge in [-0.05, 0) is 44.4 Å². The van der Waals surface area contributed by atoms with Crippen LogP contribution in [0.25, 0.3) is 0 Å². The van der Waals surface area contributed by atoms with E-state index in [1.165, 1.54) is 6.07 Å². The van der Waals surface area contributed by atoms with E-state index in [9.17, 15) is 4.39 Å². The molecule has 1 aromatic carbocycles. The minimum Gasteiger partial charge on any atom is -0.379 e. The monoisotopic (exact) mass is 281 g/mol. The van der Waals surface area contributed by atoms with Gasteiger partial charge in [0.25, 0.3) is 0 Å². The number of hydrogen-bond acceptors (Lipinski definition) is 2. The Hall–Kier alpha value is -0.930. The van der Waals surface area contributed by atoms with E-state index in [0.29, 0.717) is 12.5 Å². The van der Waals surface area contributed by atoms with Gasteiger partial charge in [0.2, 0.25) is 0 Å². The number of nitrogens with one attached hydrogen (secondary N) is 1. The summed E-state index contributed by atoms with van der Waals surface area (Å²) in [6, 6.07) is 7.06. The summed E-state index contributed by atoms with van der Waals surface area (Å²) in [6.45, 7) is 10.8. The lowest BCUT2D eigenvalue weighted by atomic mass is 9.95. The first-order valence-electron chi connectivity index (χ1n) is 7.57. The summed E-state index contributed by atoms with van der Waals surface area (Å²) in [4.78, 5) is 0. The molecule has 1 aromatic rings. The zero-order chi connectivity index (χ0) is 15.0. The molecule has 0 fully saturated rings. The molecule has 0 aromatic heterocycles. The van der Waals surface area contributed by atoms with Crippen molar-refractivity contribution in [2.45, 2.75) is 46.1 Å². The molecule has 2 nitrogen and oxygen atoms in total. The zero-order valence-electron chi connectivity index (χ0n) is 13.2. The lowest BCUT2D eigenvalue weighted by Crippen LogP contribution is -2.26. The second-order valence-corrected chi connectivity index (χ2v) is 5.98. The van der Waals surface area contributed by atoms with E-state index in [1.807, 2.05) is 26.0 Å². The van der Waals surface area contributed by atoms with E-state index in [-0.39, 0.29) is 17.8 Å². The second-order valence-electron chi connectivity index (χ2n) is 5.98. The molecule has 0 spiro atoms. The molecular formula is C17H28FNO. The van der Waals surface area contributed by atoms with Gasteiger partial charge in [0, 0.05) is 19.1 Å². The number of benzene rings is 1. The van der Waals surface area contributed by atoms with Crippen LogP contribution in [0, 0.1) is 11.7 Å². The lowest BCUT2D eigenvalue weighted by Gasteiger charge is -2.20. The van der Waals surface area contributed by atoms with Gasteiger partial charge in [-0.1, -0.05) is 32.0 Å². The van der Waals surface area contributed by atoms with E-state index in [4.69, 9.17) is 4.74 Å². The van der Waals surface area contributed by atoms with Crippen LogP contribution < -0.4 is 5.32 Å². The summed E-state index contributed by atoms with van der Waals surface area (Å²) in [5.41, 5.74) is 0.788. The fourth-order valence-corrected chi connectivity index (χ4v) is 2.17. The van der Waals surface area contributed by atoms with Crippen LogP contribution in [-0.4, -0.2) is 25.8 Å². The number of hydrogen-bond donors (Lipinski definition) is 1. The van der Waals surface area contributed by atoms with Gasteiger partial charge in [-0.2, -0.15) is 0 Å². The van der Waals surface area contributed by atoms with E-state index in [2.05, 4.69) is 19.2 Å². The second kappa shape index (κ2) is 9.09. The standard InChI is InChI=1S/C17H28FNO/c1-13(2)11-19-12-15(9-10-20-14(3)4)16-7-5-6-8-17(16)18/h5-8,13-15,19H,9-12H2,1-4H3. The Bertz CT molecular complexity index is 365. The van der Waals surface area contributed by atoms with Gasteiger partial charge in [-0.15, -0.1) is 0 Å². The highest BCUT2D eigenvalue weighted by Crippen LogP contribution is 2.22. The molecule has 0 aliphatic carbocycles. The average molecular weight is 281 g/mol. The molecule has 1 unspecified atom stereocenters. The first-order valence-corrected chi connectivity index (χ1v) is 7.57. The summed E-state index contributed by atoms with van der Waals surface area (Å²) in [5, 5.41) is 3.43. The smallest absolute Gasteiger partial charge is 0.126 e. The minimum atomic E-state index is -0.117. The fraction of sp³-hybridized carbons (Fsp3) is 0.647. The molecule has 0 radical (unpaired) electrons. The largest absolute Gasteiger partial charge is 0.379 e. The Morgan fingerprint density at radius 2 is 1.80 bits per heavy atom. The van der Waals surface area contributed by atoms with Crippen LogP contribution >= 0.6 is 0 Å². The van der Waals surface area contributed by atoms with Crippen molar-refractivity contribution in [2.24, 2.45) is 5.92 Å². The van der Waals surface area contributed by atoms with Gasteiger partial charge >= 0.3 is 0 Å². The Morgan fingerprint density at radius 3 is 2.40 bits per heavy atom. The van der Waals surface area contributed by atoms with Crippen LogP contribution in [-0.2, 0) is 4.74 Å². The highest BCUT2D eigenvalue weighted by molar-refractivity contribution is 5.22. The van der Waals surface area contributed by atoms with Crippen molar-refractivity contribution < 1.29 is 9.13 Å². The third-order valence-corrected chi connectivity index (χ3v) is 3.21. The molecule has 0 saturated carbocycles. The topological polar surface area (TPSA) is 21.3 Å². The summed E-state index contributed by atoms with van der Waals surface area (Å²) < 4.78 is 19.6. The van der Waals surface area contributed by atoms with Crippen molar-refractivity contribution in [1.82, 2.24) is 5.32 Å². The van der Waals surface area contributed by atoms with Crippen molar-refractivity contribution in [2.75, 3.05) is 19.7 Å². The van der Waals surface area contributed by atoms with Gasteiger partial charge in [-0.25, -0.2) is 4.39 Å². The molecule has 0 aliphatic rings. The third-order valence-electron chi connectivity index (χ3n) is 3.21. The van der Waals surface area contributed by atoms with E-state index >= 15 is 0 Å². The maximum Gasteiger partial charge on any atom is 0.126 e. The molecule has 1 N–H and O–H groups in total. The van der Waals surface area contributed by atoms with Crippen molar-refractivity contribution in [1.29, 1.82) is 0 Å². The Morgan fingerprint density at radius 1 is 1.10 bits per heavy atom. The molecule has 3 heteroatoms. The number of ether oxygens (including phenoxy) is 1. The number of rotatable bonds is 9. The van der Waals surface area contributed by atoms with Crippen molar-refractivity contribution in [3.05, 3.63) is 35.6 Å². The first-order chi connectivity index (χ1) is 9.50. The normalized spacial score (nSPS) is 13.2. The van der Waals surface area contributed by atoms with E-state index in [0.717, 1.165) is 25.1 Å². The lowest BCUT2D eigenvalue weighted by molar-refractivity contribution is 0.0731. The highest BCUT2D eigenvalue weighted by atomic mass is 19.1. The van der Waals surface area contributed by atoms with E-state index < -0.39 is 0 Å². The SMILES string of the molecule is CC(C)CNCC(CCOC(C)C)c1ccccc1F. The Labute approximate surface area is 122 Å². The van der Waals surface area contributed by atoms with Gasteiger partial charge in [-0.3, -0.25) is 0 Å². The van der Waals surface area contributed by atoms with Crippen LogP contribution in [0.3, 0.4) is 0 Å². The van der Waals surface area contributed by atoms with Crippen LogP contribution in [0.2, 0.25) is 0 Å². The van der Waals surface area contributed by atoms with Gasteiger partial charge in [0.05, 0.1) is 6.10 Å². The third kappa shape index (κ3) is 6.49. The van der Waals surface area contributed by atoms with Crippen molar-refractivity contribution in [3.63, 3.8) is 0 Å². The molecule has 0 aliphatic heterocycles. The predicted molar refractivity (Wildman–Crippen MR) is 82.6 cm³/mol. The van der Waals surface area contributed by atoms with Crippen LogP contribution in [0.4, 0.5) is 4.39 Å². The molecule has 114 valence electrons. The highest BCUT2D eigenvalue weighted by Gasteiger charge is 2.15. The van der Waals surface area contributed by atoms with Crippen LogP contribution in [0.5, 0.6) is 0 Å². The first kappa shape index (κ1) is 17.1. The van der Waals surface area contributed by atoms with Gasteiger partial charge in [0.1, 0.15) is 5.82 Å². The number of halogens is 1. The van der Waals surface area contributed by atoms with Gasteiger partial charge < -0.3 is 10.1 Å². The average Bonchev–Trinajstić information content (AvgIpc) is 2.37. The van der Waals surface area contributed by atoms with Crippen molar-refractivity contribution in [3.8, 4) is 0 Å². The van der Waals surface area contributed by atoms with Crippen LogP contribution in [0.1, 0.15) is 45.6 Å². The molecular weight excluding hydrogens is 253 g/mol. The molecule has 0 heterocycles. The molecule has 0 amide bonds. The maximum absolute atomic E-state index is 13.9. The molecule has 0 saturated heterocycles. The summed E-state index contributed by atoms with van der Waals surface area (Å²) in [6.07, 6.45) is 1.06.